The number of nitrogens with one attached hydrogen (secondary N) is 1. The molecular formula is C19H22N2O4. The zero-order valence-electron chi connectivity index (χ0n) is 14.3. The number of aliphatic hydroxyl groups is 1. The van der Waals surface area contributed by atoms with Crippen LogP contribution in [0.3, 0.4) is 0 Å². The third kappa shape index (κ3) is 4.03. The number of benzene rings is 2. The Morgan fingerprint density at radius 1 is 1.16 bits per heavy atom. The van der Waals surface area contributed by atoms with Gasteiger partial charge in [-0.15, -0.1) is 0 Å². The number of aliphatic hydroxyl groups excluding tert-OH is 1. The molecule has 6 nitrogen and oxygen atoms in total. The minimum atomic E-state index is -0.447. The van der Waals surface area contributed by atoms with E-state index in [1.165, 1.54) is 0 Å². The number of carbonyl (C=O) groups excluding carboxylic acids is 1. The minimum absolute atomic E-state index is 0.0307. The number of methoxy groups -OCH3 is 1. The topological polar surface area (TPSA) is 71.0 Å². The van der Waals surface area contributed by atoms with Crippen LogP contribution in [0.1, 0.15) is 13.3 Å². The molecule has 1 aliphatic rings. The molecule has 132 valence electrons. The first-order valence-electron chi connectivity index (χ1n) is 8.23. The highest BCUT2D eigenvalue weighted by molar-refractivity contribution is 5.89. The van der Waals surface area contributed by atoms with Crippen molar-refractivity contribution >= 4 is 11.7 Å². The summed E-state index contributed by atoms with van der Waals surface area (Å²) < 4.78 is 11.1. The van der Waals surface area contributed by atoms with Gasteiger partial charge < -0.3 is 24.8 Å². The standard InChI is InChI=1S/C19H22N2O4/c1-13-11-15(22)12-21(13)19(23)20-14-7-9-16(10-8-14)25-18-6-4-3-5-17(18)24-2/h3-10,13,15,22H,11-12H2,1-2H3,(H,20,23)/t13-,15+/m0/s1. The largest absolute Gasteiger partial charge is 0.493 e. The molecule has 2 amide bonds. The van der Waals surface area contributed by atoms with Crippen molar-refractivity contribution < 1.29 is 19.4 Å². The normalized spacial score (nSPS) is 19.6. The highest BCUT2D eigenvalue weighted by Crippen LogP contribution is 2.31. The van der Waals surface area contributed by atoms with Crippen molar-refractivity contribution in [3.05, 3.63) is 48.5 Å². The number of ether oxygens (including phenoxy) is 2. The number of nitrogens with zero attached hydrogens (tertiary/aromatic N) is 1. The highest BCUT2D eigenvalue weighted by atomic mass is 16.5. The van der Waals surface area contributed by atoms with Gasteiger partial charge in [-0.25, -0.2) is 4.79 Å². The van der Waals surface area contributed by atoms with E-state index in [1.807, 2.05) is 31.2 Å². The molecule has 1 saturated heterocycles. The fourth-order valence-electron chi connectivity index (χ4n) is 2.92. The maximum absolute atomic E-state index is 12.3. The van der Waals surface area contributed by atoms with Gasteiger partial charge in [0.1, 0.15) is 5.75 Å². The van der Waals surface area contributed by atoms with E-state index < -0.39 is 6.10 Å². The van der Waals surface area contributed by atoms with Crippen molar-refractivity contribution in [1.29, 1.82) is 0 Å². The van der Waals surface area contributed by atoms with Crippen LogP contribution in [0.25, 0.3) is 0 Å². The Hall–Kier alpha value is -2.73. The quantitative estimate of drug-likeness (QED) is 0.892. The lowest BCUT2D eigenvalue weighted by atomic mass is 10.2. The average Bonchev–Trinajstić information content (AvgIpc) is 2.95. The molecule has 0 saturated carbocycles. The van der Waals surface area contributed by atoms with Gasteiger partial charge in [0.15, 0.2) is 11.5 Å². The van der Waals surface area contributed by atoms with E-state index in [-0.39, 0.29) is 12.1 Å². The Balaban J connectivity index is 1.63. The van der Waals surface area contributed by atoms with Crippen LogP contribution in [0.4, 0.5) is 10.5 Å². The molecular weight excluding hydrogens is 320 g/mol. The molecule has 25 heavy (non-hydrogen) atoms. The lowest BCUT2D eigenvalue weighted by molar-refractivity contribution is 0.176. The predicted molar refractivity (Wildman–Crippen MR) is 95.3 cm³/mol. The summed E-state index contributed by atoms with van der Waals surface area (Å²) in [6, 6.07) is 14.3. The first kappa shape index (κ1) is 17.1. The number of carbonyl (C=O) groups is 1. The zero-order chi connectivity index (χ0) is 17.8. The molecule has 1 fully saturated rings. The molecule has 2 atom stereocenters. The van der Waals surface area contributed by atoms with Gasteiger partial charge in [-0.3, -0.25) is 0 Å². The van der Waals surface area contributed by atoms with Crippen LogP contribution in [-0.2, 0) is 0 Å². The first-order chi connectivity index (χ1) is 12.1. The number of amides is 2. The van der Waals surface area contributed by atoms with E-state index in [0.29, 0.717) is 35.9 Å². The van der Waals surface area contributed by atoms with Crippen LogP contribution in [-0.4, -0.2) is 41.8 Å². The van der Waals surface area contributed by atoms with Crippen LogP contribution in [0.5, 0.6) is 17.2 Å². The van der Waals surface area contributed by atoms with Gasteiger partial charge in [0.25, 0.3) is 0 Å². The molecule has 2 aromatic carbocycles. The second-order valence-electron chi connectivity index (χ2n) is 6.10. The number of anilines is 1. The monoisotopic (exact) mass is 342 g/mol. The van der Waals surface area contributed by atoms with Crippen molar-refractivity contribution in [3.63, 3.8) is 0 Å². The summed E-state index contributed by atoms with van der Waals surface area (Å²) in [5, 5.41) is 12.5. The van der Waals surface area contributed by atoms with Gasteiger partial charge >= 0.3 is 6.03 Å². The molecule has 1 heterocycles. The Morgan fingerprint density at radius 3 is 2.44 bits per heavy atom. The van der Waals surface area contributed by atoms with Crippen molar-refractivity contribution in [1.82, 2.24) is 4.90 Å². The molecule has 0 aliphatic carbocycles. The number of hydrogen-bond donors (Lipinski definition) is 2. The first-order valence-corrected chi connectivity index (χ1v) is 8.23. The van der Waals surface area contributed by atoms with Gasteiger partial charge in [-0.05, 0) is 49.7 Å². The Morgan fingerprint density at radius 2 is 1.84 bits per heavy atom. The summed E-state index contributed by atoms with van der Waals surface area (Å²) in [6.07, 6.45) is 0.163. The number of likely N-dealkylation sites (tertiary alicyclic amines) is 1. The maximum Gasteiger partial charge on any atom is 0.322 e. The highest BCUT2D eigenvalue weighted by Gasteiger charge is 2.31. The fraction of sp³-hybridized carbons (Fsp3) is 0.316. The Labute approximate surface area is 147 Å². The van der Waals surface area contributed by atoms with E-state index in [9.17, 15) is 9.90 Å². The van der Waals surface area contributed by atoms with Gasteiger partial charge in [-0.2, -0.15) is 0 Å². The van der Waals surface area contributed by atoms with Gasteiger partial charge in [0.05, 0.1) is 13.2 Å². The van der Waals surface area contributed by atoms with Gasteiger partial charge in [0.2, 0.25) is 0 Å². The smallest absolute Gasteiger partial charge is 0.322 e. The summed E-state index contributed by atoms with van der Waals surface area (Å²) in [7, 11) is 1.59. The molecule has 0 spiro atoms. The summed E-state index contributed by atoms with van der Waals surface area (Å²) in [4.78, 5) is 13.9. The number of β-amino-alcohol motifs (C(OH)–C–C–N with tert-alkyl or cyclic N) is 1. The second kappa shape index (κ2) is 7.44. The number of para-hydroxylation sites is 2. The summed E-state index contributed by atoms with van der Waals surface area (Å²) in [6.45, 7) is 2.29. The summed E-state index contributed by atoms with van der Waals surface area (Å²) in [5.41, 5.74) is 0.672. The number of urea groups is 1. The van der Waals surface area contributed by atoms with E-state index >= 15 is 0 Å². The van der Waals surface area contributed by atoms with Crippen LogP contribution < -0.4 is 14.8 Å². The Bertz CT molecular complexity index is 732. The molecule has 0 aromatic heterocycles. The Kier molecular flexibility index (Phi) is 5.09. The zero-order valence-corrected chi connectivity index (χ0v) is 14.3. The van der Waals surface area contributed by atoms with Crippen LogP contribution in [0, 0.1) is 0 Å². The van der Waals surface area contributed by atoms with Crippen molar-refractivity contribution in [3.8, 4) is 17.2 Å². The van der Waals surface area contributed by atoms with Gasteiger partial charge in [0, 0.05) is 18.3 Å². The maximum atomic E-state index is 12.3. The molecule has 2 aromatic rings. The molecule has 0 radical (unpaired) electrons. The van der Waals surface area contributed by atoms with E-state index in [0.717, 1.165) is 0 Å². The average molecular weight is 342 g/mol. The predicted octanol–water partition coefficient (Wildman–Crippen LogP) is 3.47. The van der Waals surface area contributed by atoms with Crippen LogP contribution in [0.15, 0.2) is 48.5 Å². The fourth-order valence-corrected chi connectivity index (χ4v) is 2.92. The van der Waals surface area contributed by atoms with E-state index in [2.05, 4.69) is 5.32 Å². The van der Waals surface area contributed by atoms with E-state index in [1.54, 1.807) is 36.3 Å². The lowest BCUT2D eigenvalue weighted by Crippen LogP contribution is -2.37. The molecule has 0 unspecified atom stereocenters. The SMILES string of the molecule is COc1ccccc1Oc1ccc(NC(=O)N2C[C@H](O)C[C@@H]2C)cc1. The molecule has 0 bridgehead atoms. The molecule has 1 aliphatic heterocycles. The van der Waals surface area contributed by atoms with Crippen molar-refractivity contribution in [2.24, 2.45) is 0 Å². The summed E-state index contributed by atoms with van der Waals surface area (Å²) >= 11 is 0. The minimum Gasteiger partial charge on any atom is -0.493 e. The van der Waals surface area contributed by atoms with E-state index in [4.69, 9.17) is 9.47 Å². The van der Waals surface area contributed by atoms with Gasteiger partial charge in [-0.1, -0.05) is 12.1 Å². The number of hydrogen-bond acceptors (Lipinski definition) is 4. The summed E-state index contributed by atoms with van der Waals surface area (Å²) in [5.74, 6) is 1.93. The lowest BCUT2D eigenvalue weighted by Gasteiger charge is -2.21. The second-order valence-corrected chi connectivity index (χ2v) is 6.10. The molecule has 6 heteroatoms. The number of rotatable bonds is 4. The van der Waals surface area contributed by atoms with Crippen molar-refractivity contribution in [2.75, 3.05) is 19.0 Å². The van der Waals surface area contributed by atoms with Crippen molar-refractivity contribution in [2.45, 2.75) is 25.5 Å². The molecule has 3 rings (SSSR count). The molecule has 2 N–H and O–H groups in total. The van der Waals surface area contributed by atoms with Crippen LogP contribution in [0.2, 0.25) is 0 Å². The third-order valence-electron chi connectivity index (χ3n) is 4.22. The third-order valence-corrected chi connectivity index (χ3v) is 4.22. The van der Waals surface area contributed by atoms with Crippen LogP contribution >= 0.6 is 0 Å².